The number of nitrogens with zero attached hydrogens (tertiary/aromatic N) is 10. The maximum absolute atomic E-state index is 11.9. The number of furan rings is 4. The van der Waals surface area contributed by atoms with Gasteiger partial charge in [0.2, 0.25) is 0 Å². The van der Waals surface area contributed by atoms with Crippen LogP contribution in [0.5, 0.6) is 0 Å². The lowest BCUT2D eigenvalue weighted by Gasteiger charge is -2.26. The quantitative estimate of drug-likeness (QED) is 0.121. The first-order valence-corrected chi connectivity index (χ1v) is 41.7. The molecule has 0 bridgehead atoms. The normalized spacial score (nSPS) is 11.9. The van der Waals surface area contributed by atoms with Crippen molar-refractivity contribution in [2.45, 2.75) is 0 Å². The molecular formula is C112H60N10O4. The van der Waals surface area contributed by atoms with Gasteiger partial charge >= 0.3 is 0 Å². The minimum atomic E-state index is 0.351. The monoisotopic (exact) mass is 1610 g/mol. The van der Waals surface area contributed by atoms with Crippen LogP contribution in [0, 0.1) is 45.3 Å². The first-order chi connectivity index (χ1) is 62.3. The molecular weight excluding hydrogens is 1550 g/mol. The van der Waals surface area contributed by atoms with Crippen molar-refractivity contribution in [3.63, 3.8) is 0 Å². The molecule has 0 atom stereocenters. The standard InChI is InChI=1S/C112H60N10O4/c113-61-65-55-97(119-89-34-15-10-32-83(89)103-93(119)50-44-79-76-29-12-17-36-99(76)123-109(79)103)88(64-116)98(56-65)120-90-35-16-11-33-84(90)104-94(120)51-47-82-85-58-67(41-54-102(85)126-112(82)104)66-21-20-28-73(57-66)118(72-26-8-3-9-27-72)75-43-49-92-87(60-75)106-96(53-46-81-78-31-14-19-38-101(78)125-111(81)106)122(92)108-69(63-115)40-39-68(62-114)107(108)121-91-48-42-74(117(70-22-4-1-5-23-70)71-24-6-2-7-25-71)59-86(91)105-95(121)52-45-80-77-30-13-18-37-100(77)124-110(80)105/h1-60H. The Bertz CT molecular complexity index is 9410. The van der Waals surface area contributed by atoms with Gasteiger partial charge in [0.05, 0.1) is 111 Å². The highest BCUT2D eigenvalue weighted by Gasteiger charge is 2.32. The van der Waals surface area contributed by atoms with Crippen molar-refractivity contribution in [3.05, 3.63) is 386 Å². The molecule has 0 aliphatic heterocycles. The first kappa shape index (κ1) is 69.8. The number of rotatable bonds is 11. The smallest absolute Gasteiger partial charge is 0.145 e. The number of hydrogen-bond donors (Lipinski definition) is 0. The molecule has 0 saturated carbocycles. The van der Waals surface area contributed by atoms with Gasteiger partial charge in [0.1, 0.15) is 68.4 Å². The minimum Gasteiger partial charge on any atom is -0.455 e. The number of nitriles is 4. The van der Waals surface area contributed by atoms with E-state index in [0.717, 1.165) is 198 Å². The van der Waals surface area contributed by atoms with Crippen molar-refractivity contribution in [3.8, 4) is 58.2 Å². The Kier molecular flexibility index (Phi) is 14.8. The molecule has 0 aliphatic rings. The molecule has 0 saturated heterocycles. The van der Waals surface area contributed by atoms with Gasteiger partial charge in [-0.15, -0.1) is 0 Å². The molecule has 14 heteroatoms. The molecule has 0 unspecified atom stereocenters. The molecule has 8 heterocycles. The van der Waals surface area contributed by atoms with Crippen LogP contribution < -0.4 is 9.80 Å². The third kappa shape index (κ3) is 9.92. The second-order valence-corrected chi connectivity index (χ2v) is 32.2. The van der Waals surface area contributed by atoms with Crippen molar-refractivity contribution < 1.29 is 17.7 Å². The van der Waals surface area contributed by atoms with Gasteiger partial charge in [0, 0.05) is 98.8 Å². The number of fused-ring (bicyclic) bond motifs is 28. The molecule has 0 N–H and O–H groups in total. The molecule has 14 nitrogen and oxygen atoms in total. The molecule has 8 aromatic heterocycles. The molecule has 0 fully saturated rings. The summed E-state index contributed by atoms with van der Waals surface area (Å²) in [5.74, 6) is 0. The van der Waals surface area contributed by atoms with E-state index in [1.54, 1.807) is 12.1 Å². The summed E-state index contributed by atoms with van der Waals surface area (Å²) in [5.41, 5.74) is 23.4. The largest absolute Gasteiger partial charge is 0.455 e. The van der Waals surface area contributed by atoms with Gasteiger partial charge in [0.15, 0.2) is 0 Å². The Morgan fingerprint density at radius 3 is 0.984 bits per heavy atom. The average molecular weight is 1610 g/mol. The Hall–Kier alpha value is -18.1. The van der Waals surface area contributed by atoms with Crippen LogP contribution in [0.3, 0.4) is 0 Å². The van der Waals surface area contributed by atoms with Crippen LogP contribution in [-0.2, 0) is 0 Å². The fourth-order valence-corrected chi connectivity index (χ4v) is 20.3. The summed E-state index contributed by atoms with van der Waals surface area (Å²) in [6.07, 6.45) is 0. The van der Waals surface area contributed by atoms with E-state index in [1.807, 2.05) is 109 Å². The van der Waals surface area contributed by atoms with Gasteiger partial charge in [-0.25, -0.2) is 0 Å². The Labute approximate surface area is 715 Å². The Morgan fingerprint density at radius 2 is 0.556 bits per heavy atom. The van der Waals surface area contributed by atoms with Crippen molar-refractivity contribution in [2.75, 3.05) is 9.80 Å². The molecule has 0 radical (unpaired) electrons. The van der Waals surface area contributed by atoms with Gasteiger partial charge < -0.3 is 45.7 Å². The van der Waals surface area contributed by atoms with E-state index < -0.39 is 0 Å². The van der Waals surface area contributed by atoms with Crippen molar-refractivity contribution in [2.24, 2.45) is 0 Å². The predicted molar refractivity (Wildman–Crippen MR) is 507 cm³/mol. The lowest BCUT2D eigenvalue weighted by Crippen LogP contribution is -2.10. The molecule has 26 rings (SSSR count). The van der Waals surface area contributed by atoms with Crippen molar-refractivity contribution in [1.82, 2.24) is 18.3 Å². The van der Waals surface area contributed by atoms with Gasteiger partial charge in [-0.1, -0.05) is 164 Å². The fraction of sp³-hybridized carbons (Fsp3) is 0. The number of para-hydroxylation sites is 8. The maximum atomic E-state index is 11.9. The number of anilines is 6. The van der Waals surface area contributed by atoms with Crippen LogP contribution in [0.4, 0.5) is 34.1 Å². The average Bonchev–Trinajstić information content (AvgIpc) is 1.54. The fourth-order valence-electron chi connectivity index (χ4n) is 20.3. The molecule has 0 spiro atoms. The van der Waals surface area contributed by atoms with Crippen LogP contribution >= 0.6 is 0 Å². The molecule has 126 heavy (non-hydrogen) atoms. The highest BCUT2D eigenvalue weighted by atomic mass is 16.3. The van der Waals surface area contributed by atoms with Crippen LogP contribution in [0.25, 0.3) is 209 Å². The van der Waals surface area contributed by atoms with E-state index >= 15 is 0 Å². The highest BCUT2D eigenvalue weighted by Crippen LogP contribution is 2.52. The summed E-state index contributed by atoms with van der Waals surface area (Å²) in [4.78, 5) is 4.53. The summed E-state index contributed by atoms with van der Waals surface area (Å²) in [6, 6.07) is 134. The second-order valence-electron chi connectivity index (χ2n) is 32.2. The zero-order valence-corrected chi connectivity index (χ0v) is 66.7. The number of aromatic nitrogens is 4. The summed E-state index contributed by atoms with van der Waals surface area (Å²) in [5, 5.41) is 61.2. The van der Waals surface area contributed by atoms with Crippen LogP contribution in [0.2, 0.25) is 0 Å². The van der Waals surface area contributed by atoms with E-state index in [4.69, 9.17) is 17.7 Å². The lowest BCUT2D eigenvalue weighted by molar-refractivity contribution is 0.672. The van der Waals surface area contributed by atoms with Crippen LogP contribution in [0.15, 0.2) is 382 Å². The predicted octanol–water partition coefficient (Wildman–Crippen LogP) is 29.8. The first-order valence-electron chi connectivity index (χ1n) is 41.7. The Morgan fingerprint density at radius 1 is 0.214 bits per heavy atom. The Balaban J connectivity index is 0.639. The minimum absolute atomic E-state index is 0.351. The summed E-state index contributed by atoms with van der Waals surface area (Å²) >= 11 is 0. The van der Waals surface area contributed by atoms with Crippen molar-refractivity contribution in [1.29, 1.82) is 21.0 Å². The van der Waals surface area contributed by atoms with Crippen molar-refractivity contribution >= 4 is 209 Å². The molecule has 0 amide bonds. The highest BCUT2D eigenvalue weighted by molar-refractivity contribution is 6.29. The molecule has 0 aliphatic carbocycles. The van der Waals surface area contributed by atoms with E-state index in [0.29, 0.717) is 67.3 Å². The number of benzene rings is 18. The SMILES string of the molecule is N#Cc1cc(-n2c3ccccc3c3c4oc5ccccc5c4ccc32)c(C#N)c(-n2c3ccccc3c3c4oc5ccc(-c6cccc(N(c7ccccc7)c7ccc8c(c7)c7c9oc%10ccccc%10c9ccc7n8-c7c(C#N)ccc(C#N)c7-n7c8ccc(N(c9ccccc9)c9ccccc9)cc8c8c9oc%10ccccc%10c9ccc87)c6)cc5c4ccc32)c1. The molecule has 26 aromatic rings. The summed E-state index contributed by atoms with van der Waals surface area (Å²) in [7, 11) is 0. The van der Waals surface area contributed by atoms with Gasteiger partial charge in [0.25, 0.3) is 0 Å². The van der Waals surface area contributed by atoms with E-state index in [2.05, 4.69) is 295 Å². The molecule has 18 aromatic carbocycles. The number of hydrogen-bond acceptors (Lipinski definition) is 10. The van der Waals surface area contributed by atoms with E-state index in [-0.39, 0.29) is 0 Å². The van der Waals surface area contributed by atoms with Crippen LogP contribution in [-0.4, -0.2) is 18.3 Å². The summed E-state index contributed by atoms with van der Waals surface area (Å²) < 4.78 is 36.5. The topological polar surface area (TPSA) is 174 Å². The van der Waals surface area contributed by atoms with Gasteiger partial charge in [-0.3, -0.25) is 0 Å². The third-order valence-electron chi connectivity index (χ3n) is 25.6. The van der Waals surface area contributed by atoms with Crippen LogP contribution in [0.1, 0.15) is 22.3 Å². The zero-order valence-electron chi connectivity index (χ0n) is 66.7. The summed E-state index contributed by atoms with van der Waals surface area (Å²) in [6.45, 7) is 0. The van der Waals surface area contributed by atoms with E-state index in [9.17, 15) is 21.0 Å². The van der Waals surface area contributed by atoms with Gasteiger partial charge in [-0.2, -0.15) is 21.0 Å². The lowest BCUT2D eigenvalue weighted by atomic mass is 10.0. The zero-order chi connectivity index (χ0) is 83.3. The van der Waals surface area contributed by atoms with E-state index in [1.165, 1.54) is 0 Å². The van der Waals surface area contributed by atoms with Gasteiger partial charge in [-0.05, 0) is 211 Å². The molecule has 582 valence electrons. The second kappa shape index (κ2) is 26.7. The maximum Gasteiger partial charge on any atom is 0.145 e. The third-order valence-corrected chi connectivity index (χ3v) is 25.6.